The van der Waals surface area contributed by atoms with Crippen LogP contribution in [0, 0.1) is 17.8 Å². The number of carbonyl (C=O) groups excluding carboxylic acids is 1. The van der Waals surface area contributed by atoms with Gasteiger partial charge < -0.3 is 10.2 Å². The van der Waals surface area contributed by atoms with E-state index in [1.165, 1.54) is 19.3 Å². The van der Waals surface area contributed by atoms with E-state index in [1.807, 2.05) is 0 Å². The fraction of sp³-hybridized carbons (Fsp3) is 0.923. The summed E-state index contributed by atoms with van der Waals surface area (Å²) in [4.78, 5) is 14.1. The molecule has 3 aliphatic rings. The van der Waals surface area contributed by atoms with Gasteiger partial charge in [-0.3, -0.25) is 4.79 Å². The van der Waals surface area contributed by atoms with Crippen molar-refractivity contribution in [2.24, 2.45) is 17.8 Å². The Labute approximate surface area is 97.6 Å². The highest BCUT2D eigenvalue weighted by molar-refractivity contribution is 5.76. The summed E-state index contributed by atoms with van der Waals surface area (Å²) in [6.07, 6.45) is 6.06. The Bertz CT molecular complexity index is 263. The molecule has 3 nitrogen and oxygen atoms in total. The number of carbonyl (C=O) groups is 1. The van der Waals surface area contributed by atoms with Crippen molar-refractivity contribution >= 4 is 5.91 Å². The standard InChI is InChI=1S/C13H22N2O/c16-13(5-4-10-2-1-3-10)15-8-11-6-14-7-12(11)9-15/h10-12,14H,1-9H2/t11-,12+. The SMILES string of the molecule is O=C(CCC1CCC1)N1C[C@H]2CNC[C@H]2C1. The number of hydrogen-bond donors (Lipinski definition) is 1. The van der Waals surface area contributed by atoms with Gasteiger partial charge in [-0.15, -0.1) is 0 Å². The second-order valence-corrected chi connectivity index (χ2v) is 5.81. The van der Waals surface area contributed by atoms with Gasteiger partial charge in [-0.2, -0.15) is 0 Å². The fourth-order valence-electron chi connectivity index (χ4n) is 3.33. The number of amides is 1. The number of hydrogen-bond acceptors (Lipinski definition) is 2. The summed E-state index contributed by atoms with van der Waals surface area (Å²) < 4.78 is 0. The Hall–Kier alpha value is -0.570. The van der Waals surface area contributed by atoms with Crippen molar-refractivity contribution in [3.8, 4) is 0 Å². The van der Waals surface area contributed by atoms with Gasteiger partial charge in [-0.1, -0.05) is 19.3 Å². The maximum atomic E-state index is 12.0. The molecule has 0 bridgehead atoms. The van der Waals surface area contributed by atoms with Crippen molar-refractivity contribution in [3.63, 3.8) is 0 Å². The molecular weight excluding hydrogens is 200 g/mol. The highest BCUT2D eigenvalue weighted by atomic mass is 16.2. The van der Waals surface area contributed by atoms with Crippen LogP contribution in [0.5, 0.6) is 0 Å². The summed E-state index contributed by atoms with van der Waals surface area (Å²) in [5.41, 5.74) is 0. The minimum absolute atomic E-state index is 0.418. The molecule has 2 atom stereocenters. The van der Waals surface area contributed by atoms with Gasteiger partial charge in [0, 0.05) is 32.6 Å². The minimum atomic E-state index is 0.418. The summed E-state index contributed by atoms with van der Waals surface area (Å²) in [7, 11) is 0. The van der Waals surface area contributed by atoms with Gasteiger partial charge in [-0.25, -0.2) is 0 Å². The molecule has 1 aliphatic carbocycles. The van der Waals surface area contributed by atoms with E-state index in [0.29, 0.717) is 5.91 Å². The lowest BCUT2D eigenvalue weighted by Crippen LogP contribution is -2.32. The maximum absolute atomic E-state index is 12.0. The lowest BCUT2D eigenvalue weighted by Gasteiger charge is -2.26. The first-order chi connectivity index (χ1) is 7.83. The third-order valence-corrected chi connectivity index (χ3v) is 4.73. The quantitative estimate of drug-likeness (QED) is 0.779. The predicted octanol–water partition coefficient (Wildman–Crippen LogP) is 1.24. The average molecular weight is 222 g/mol. The third kappa shape index (κ3) is 1.97. The second kappa shape index (κ2) is 4.36. The number of nitrogens with one attached hydrogen (secondary N) is 1. The first-order valence-corrected chi connectivity index (χ1v) is 6.81. The molecule has 2 saturated heterocycles. The lowest BCUT2D eigenvalue weighted by atomic mass is 9.82. The van der Waals surface area contributed by atoms with Gasteiger partial charge in [0.2, 0.25) is 5.91 Å². The van der Waals surface area contributed by atoms with Crippen LogP contribution in [-0.4, -0.2) is 37.0 Å². The molecule has 1 amide bonds. The van der Waals surface area contributed by atoms with E-state index in [1.54, 1.807) is 0 Å². The van der Waals surface area contributed by atoms with E-state index in [9.17, 15) is 4.79 Å². The monoisotopic (exact) mass is 222 g/mol. The van der Waals surface area contributed by atoms with E-state index < -0.39 is 0 Å². The van der Waals surface area contributed by atoms with Crippen LogP contribution in [0.3, 0.4) is 0 Å². The van der Waals surface area contributed by atoms with Gasteiger partial charge in [0.15, 0.2) is 0 Å². The zero-order valence-electron chi connectivity index (χ0n) is 9.95. The molecule has 90 valence electrons. The van der Waals surface area contributed by atoms with E-state index >= 15 is 0 Å². The van der Waals surface area contributed by atoms with Crippen molar-refractivity contribution in [2.75, 3.05) is 26.2 Å². The molecule has 0 aromatic carbocycles. The predicted molar refractivity (Wildman–Crippen MR) is 63.0 cm³/mol. The summed E-state index contributed by atoms with van der Waals surface area (Å²) in [6, 6.07) is 0. The summed E-state index contributed by atoms with van der Waals surface area (Å²) >= 11 is 0. The fourth-order valence-corrected chi connectivity index (χ4v) is 3.33. The van der Waals surface area contributed by atoms with Crippen LogP contribution in [0.2, 0.25) is 0 Å². The van der Waals surface area contributed by atoms with Crippen molar-refractivity contribution in [3.05, 3.63) is 0 Å². The van der Waals surface area contributed by atoms with Crippen LogP contribution >= 0.6 is 0 Å². The Morgan fingerprint density at radius 3 is 2.44 bits per heavy atom. The molecule has 2 heterocycles. The average Bonchev–Trinajstić information content (AvgIpc) is 2.73. The van der Waals surface area contributed by atoms with Gasteiger partial charge in [0.25, 0.3) is 0 Å². The van der Waals surface area contributed by atoms with Gasteiger partial charge in [0.05, 0.1) is 0 Å². The molecule has 0 aromatic heterocycles. The molecule has 2 aliphatic heterocycles. The van der Waals surface area contributed by atoms with Crippen molar-refractivity contribution in [2.45, 2.75) is 32.1 Å². The number of likely N-dealkylation sites (tertiary alicyclic amines) is 1. The first-order valence-electron chi connectivity index (χ1n) is 6.81. The topological polar surface area (TPSA) is 32.3 Å². The first kappa shape index (κ1) is 10.6. The van der Waals surface area contributed by atoms with E-state index in [-0.39, 0.29) is 0 Å². The van der Waals surface area contributed by atoms with E-state index in [4.69, 9.17) is 0 Å². The number of rotatable bonds is 3. The highest BCUT2D eigenvalue weighted by Gasteiger charge is 2.37. The van der Waals surface area contributed by atoms with Gasteiger partial charge in [0.1, 0.15) is 0 Å². The third-order valence-electron chi connectivity index (χ3n) is 4.73. The molecule has 1 N–H and O–H groups in total. The summed E-state index contributed by atoms with van der Waals surface area (Å²) in [5.74, 6) is 2.77. The molecule has 0 aromatic rings. The molecule has 0 radical (unpaired) electrons. The summed E-state index contributed by atoms with van der Waals surface area (Å²) in [6.45, 7) is 4.27. The van der Waals surface area contributed by atoms with Crippen LogP contribution in [0.4, 0.5) is 0 Å². The largest absolute Gasteiger partial charge is 0.342 e. The Balaban J connectivity index is 1.44. The smallest absolute Gasteiger partial charge is 0.222 e. The second-order valence-electron chi connectivity index (χ2n) is 5.81. The molecule has 16 heavy (non-hydrogen) atoms. The van der Waals surface area contributed by atoms with Crippen molar-refractivity contribution in [1.82, 2.24) is 10.2 Å². The van der Waals surface area contributed by atoms with Gasteiger partial charge in [-0.05, 0) is 24.2 Å². The molecule has 3 rings (SSSR count). The van der Waals surface area contributed by atoms with Crippen molar-refractivity contribution in [1.29, 1.82) is 0 Å². The van der Waals surface area contributed by atoms with Crippen LogP contribution < -0.4 is 5.32 Å². The van der Waals surface area contributed by atoms with Crippen LogP contribution in [0.15, 0.2) is 0 Å². The molecule has 0 unspecified atom stereocenters. The Kier molecular flexibility index (Phi) is 2.88. The number of nitrogens with zero attached hydrogens (tertiary/aromatic N) is 1. The van der Waals surface area contributed by atoms with E-state index in [2.05, 4.69) is 10.2 Å². The zero-order valence-corrected chi connectivity index (χ0v) is 9.95. The molecule has 3 heteroatoms. The molecule has 1 saturated carbocycles. The highest BCUT2D eigenvalue weighted by Crippen LogP contribution is 2.31. The maximum Gasteiger partial charge on any atom is 0.222 e. The van der Waals surface area contributed by atoms with E-state index in [0.717, 1.165) is 56.8 Å². The Morgan fingerprint density at radius 2 is 1.88 bits per heavy atom. The molecular formula is C13H22N2O. The number of fused-ring (bicyclic) bond motifs is 1. The zero-order chi connectivity index (χ0) is 11.0. The van der Waals surface area contributed by atoms with Crippen LogP contribution in [-0.2, 0) is 4.79 Å². The van der Waals surface area contributed by atoms with Crippen molar-refractivity contribution < 1.29 is 4.79 Å². The summed E-state index contributed by atoms with van der Waals surface area (Å²) in [5, 5.41) is 3.41. The lowest BCUT2D eigenvalue weighted by molar-refractivity contribution is -0.130. The van der Waals surface area contributed by atoms with Crippen LogP contribution in [0.1, 0.15) is 32.1 Å². The Morgan fingerprint density at radius 1 is 1.19 bits per heavy atom. The van der Waals surface area contributed by atoms with Crippen LogP contribution in [0.25, 0.3) is 0 Å². The minimum Gasteiger partial charge on any atom is -0.342 e. The van der Waals surface area contributed by atoms with Gasteiger partial charge >= 0.3 is 0 Å². The molecule has 0 spiro atoms. The molecule has 3 fully saturated rings. The normalized spacial score (nSPS) is 33.9.